The first-order valence-electron chi connectivity index (χ1n) is 8.96. The zero-order valence-electron chi connectivity index (χ0n) is 16.9. The number of amides is 2. The Bertz CT molecular complexity index is 851. The number of carbonyl (C=O) groups is 2. The first-order valence-corrected chi connectivity index (χ1v) is 8.96. The fraction of sp³-hybridized carbons (Fsp3) is 0.350. The highest BCUT2D eigenvalue weighted by molar-refractivity contribution is 5.96. The molecule has 1 aromatic heterocycles. The number of carbonyl (C=O) groups excluding carboxylic acids is 2. The van der Waals surface area contributed by atoms with E-state index in [2.05, 4.69) is 15.0 Å². The first kappa shape index (κ1) is 24.9. The molecule has 2 heterocycles. The third-order valence-corrected chi connectivity index (χ3v) is 3.94. The zero-order valence-corrected chi connectivity index (χ0v) is 16.9. The second kappa shape index (κ2) is 12.5. The number of hydrogen-bond donors (Lipinski definition) is 3. The summed E-state index contributed by atoms with van der Waals surface area (Å²) in [7, 11) is 2.29. The van der Waals surface area contributed by atoms with Crippen LogP contribution >= 0.6 is 0 Å². The summed E-state index contributed by atoms with van der Waals surface area (Å²) in [6.45, 7) is 1.94. The van der Waals surface area contributed by atoms with Gasteiger partial charge in [-0.1, -0.05) is 6.07 Å². The Morgan fingerprint density at radius 1 is 1.27 bits per heavy atom. The summed E-state index contributed by atoms with van der Waals surface area (Å²) in [6, 6.07) is 6.83. The van der Waals surface area contributed by atoms with Crippen LogP contribution in [0.2, 0.25) is 0 Å². The lowest BCUT2D eigenvalue weighted by molar-refractivity contribution is -0.126. The van der Waals surface area contributed by atoms with Gasteiger partial charge in [0.25, 0.3) is 11.8 Å². The molecule has 164 valence electrons. The van der Waals surface area contributed by atoms with Crippen LogP contribution in [0, 0.1) is 11.6 Å². The van der Waals surface area contributed by atoms with Gasteiger partial charge in [-0.25, -0.2) is 4.39 Å². The van der Waals surface area contributed by atoms with E-state index in [-0.39, 0.29) is 23.5 Å². The Balaban J connectivity index is 0.000000318. The molecule has 1 aromatic carbocycles. The number of ether oxygens (including phenoxy) is 2. The SMILES string of the molecule is CC1CCC(C(=O)Nc2ccnc(C(N)=O)c2)O1.CO.COc1cccc(F)c1F. The van der Waals surface area contributed by atoms with Gasteiger partial charge in [0.2, 0.25) is 5.82 Å². The van der Waals surface area contributed by atoms with E-state index in [9.17, 15) is 18.4 Å². The summed E-state index contributed by atoms with van der Waals surface area (Å²) in [6.07, 6.45) is 2.69. The van der Waals surface area contributed by atoms with Crippen molar-refractivity contribution < 1.29 is 33.0 Å². The fourth-order valence-electron chi connectivity index (χ4n) is 2.50. The van der Waals surface area contributed by atoms with Crippen LogP contribution in [0.3, 0.4) is 0 Å². The first-order chi connectivity index (χ1) is 14.3. The maximum atomic E-state index is 12.5. The van der Waals surface area contributed by atoms with Gasteiger partial charge in [-0.15, -0.1) is 0 Å². The van der Waals surface area contributed by atoms with Crippen LogP contribution in [0.5, 0.6) is 5.75 Å². The minimum Gasteiger partial charge on any atom is -0.494 e. The van der Waals surface area contributed by atoms with E-state index in [1.807, 2.05) is 6.92 Å². The van der Waals surface area contributed by atoms with Crippen LogP contribution < -0.4 is 15.8 Å². The number of rotatable bonds is 4. The molecule has 0 bridgehead atoms. The third-order valence-electron chi connectivity index (χ3n) is 3.94. The van der Waals surface area contributed by atoms with Gasteiger partial charge in [0, 0.05) is 19.0 Å². The van der Waals surface area contributed by atoms with Crippen molar-refractivity contribution in [2.24, 2.45) is 5.73 Å². The molecule has 0 aliphatic carbocycles. The standard InChI is InChI=1S/C12H15N3O3.C7H6F2O.CH4O/c1-7-2-3-10(18-7)12(17)15-8-4-5-14-9(6-8)11(13)16;1-10-6-4-2-3-5(8)7(6)9;1-2/h4-7,10H,2-3H2,1H3,(H2,13,16)(H,14,15,17);2-4H,1H3;2H,1H3. The molecule has 0 spiro atoms. The molecule has 2 aromatic rings. The largest absolute Gasteiger partial charge is 0.494 e. The summed E-state index contributed by atoms with van der Waals surface area (Å²) in [5.74, 6) is -2.73. The third kappa shape index (κ3) is 7.37. The summed E-state index contributed by atoms with van der Waals surface area (Å²) in [5, 5.41) is 9.69. The second-order valence-corrected chi connectivity index (χ2v) is 6.05. The molecule has 2 atom stereocenters. The minimum atomic E-state index is -0.940. The van der Waals surface area contributed by atoms with Crippen molar-refractivity contribution in [3.05, 3.63) is 53.9 Å². The van der Waals surface area contributed by atoms with Crippen molar-refractivity contribution in [3.63, 3.8) is 0 Å². The molecule has 1 fully saturated rings. The Hall–Kier alpha value is -3.11. The summed E-state index contributed by atoms with van der Waals surface area (Å²) in [5.41, 5.74) is 5.73. The number of anilines is 1. The highest BCUT2D eigenvalue weighted by Gasteiger charge is 2.28. The van der Waals surface area contributed by atoms with Crippen LogP contribution in [0.1, 0.15) is 30.3 Å². The number of nitrogens with one attached hydrogen (secondary N) is 1. The van der Waals surface area contributed by atoms with Crippen molar-refractivity contribution >= 4 is 17.5 Å². The van der Waals surface area contributed by atoms with Crippen molar-refractivity contribution in [2.75, 3.05) is 19.5 Å². The quantitative estimate of drug-likeness (QED) is 0.690. The summed E-state index contributed by atoms with van der Waals surface area (Å²) < 4.78 is 34.8. The Morgan fingerprint density at radius 2 is 1.97 bits per heavy atom. The molecule has 1 saturated heterocycles. The van der Waals surface area contributed by atoms with E-state index in [1.165, 1.54) is 31.5 Å². The number of benzene rings is 1. The number of aliphatic hydroxyl groups excluding tert-OH is 1. The van der Waals surface area contributed by atoms with E-state index in [4.69, 9.17) is 15.6 Å². The lowest BCUT2D eigenvalue weighted by Crippen LogP contribution is -2.28. The lowest BCUT2D eigenvalue weighted by atomic mass is 10.2. The van der Waals surface area contributed by atoms with Gasteiger partial charge in [-0.2, -0.15) is 4.39 Å². The summed E-state index contributed by atoms with van der Waals surface area (Å²) in [4.78, 5) is 26.6. The molecule has 3 rings (SSSR count). The smallest absolute Gasteiger partial charge is 0.267 e. The Kier molecular flexibility index (Phi) is 10.3. The molecule has 30 heavy (non-hydrogen) atoms. The molecule has 0 radical (unpaired) electrons. The van der Waals surface area contributed by atoms with Crippen LogP contribution in [-0.2, 0) is 9.53 Å². The molecule has 4 N–H and O–H groups in total. The zero-order chi connectivity index (χ0) is 22.7. The molecule has 1 aliphatic rings. The normalized spacial score (nSPS) is 17.0. The van der Waals surface area contributed by atoms with Crippen LogP contribution in [0.25, 0.3) is 0 Å². The Labute approximate surface area is 173 Å². The molecule has 8 nitrogen and oxygen atoms in total. The highest BCUT2D eigenvalue weighted by atomic mass is 19.2. The van der Waals surface area contributed by atoms with Crippen LogP contribution in [-0.4, -0.2) is 48.3 Å². The van der Waals surface area contributed by atoms with Crippen molar-refractivity contribution in [1.29, 1.82) is 0 Å². The number of aliphatic hydroxyl groups is 1. The predicted octanol–water partition coefficient (Wildman–Crippen LogP) is 2.27. The maximum absolute atomic E-state index is 12.5. The minimum absolute atomic E-state index is 0.0694. The summed E-state index contributed by atoms with van der Waals surface area (Å²) >= 11 is 0. The Morgan fingerprint density at radius 3 is 2.50 bits per heavy atom. The molecule has 2 amide bonds. The van der Waals surface area contributed by atoms with Gasteiger partial charge >= 0.3 is 0 Å². The van der Waals surface area contributed by atoms with E-state index < -0.39 is 23.6 Å². The predicted molar refractivity (Wildman–Crippen MR) is 106 cm³/mol. The second-order valence-electron chi connectivity index (χ2n) is 6.05. The maximum Gasteiger partial charge on any atom is 0.267 e. The van der Waals surface area contributed by atoms with Gasteiger partial charge in [0.05, 0.1) is 13.2 Å². The van der Waals surface area contributed by atoms with Gasteiger partial charge in [0.15, 0.2) is 11.6 Å². The number of hydrogen-bond acceptors (Lipinski definition) is 6. The lowest BCUT2D eigenvalue weighted by Gasteiger charge is -2.11. The van der Waals surface area contributed by atoms with Crippen molar-refractivity contribution in [1.82, 2.24) is 4.98 Å². The molecule has 10 heteroatoms. The molecular formula is C20H25F2N3O5. The number of aromatic nitrogens is 1. The van der Waals surface area contributed by atoms with E-state index >= 15 is 0 Å². The number of halogens is 2. The number of nitrogens with two attached hydrogens (primary N) is 1. The molecule has 2 unspecified atom stereocenters. The van der Waals surface area contributed by atoms with Gasteiger partial charge in [0.1, 0.15) is 11.8 Å². The fourth-order valence-corrected chi connectivity index (χ4v) is 2.50. The van der Waals surface area contributed by atoms with Crippen molar-refractivity contribution in [2.45, 2.75) is 32.0 Å². The number of nitrogens with zero attached hydrogens (tertiary/aromatic N) is 1. The van der Waals surface area contributed by atoms with Gasteiger partial charge in [-0.05, 0) is 44.0 Å². The number of methoxy groups -OCH3 is 1. The average molecular weight is 425 g/mol. The molecule has 1 aliphatic heterocycles. The monoisotopic (exact) mass is 425 g/mol. The molecular weight excluding hydrogens is 400 g/mol. The number of primary amides is 1. The van der Waals surface area contributed by atoms with Gasteiger partial charge < -0.3 is 25.6 Å². The highest BCUT2D eigenvalue weighted by Crippen LogP contribution is 2.20. The number of pyridine rings is 1. The van der Waals surface area contributed by atoms with Gasteiger partial charge in [-0.3, -0.25) is 14.6 Å². The van der Waals surface area contributed by atoms with Crippen molar-refractivity contribution in [3.8, 4) is 5.75 Å². The van der Waals surface area contributed by atoms with E-state index in [1.54, 1.807) is 6.07 Å². The topological polar surface area (TPSA) is 124 Å². The van der Waals surface area contributed by atoms with Crippen LogP contribution in [0.15, 0.2) is 36.5 Å². The van der Waals surface area contributed by atoms with E-state index in [0.717, 1.165) is 19.6 Å². The average Bonchev–Trinajstić information content (AvgIpc) is 3.19. The van der Waals surface area contributed by atoms with Crippen LogP contribution in [0.4, 0.5) is 14.5 Å². The van der Waals surface area contributed by atoms with E-state index in [0.29, 0.717) is 12.1 Å². The molecule has 0 saturated carbocycles.